The van der Waals surface area contributed by atoms with Crippen molar-refractivity contribution in [1.29, 1.82) is 0 Å². The number of Topliss-reactive ketones (excluding diaryl/α,β-unsaturated/α-hetero) is 1. The van der Waals surface area contributed by atoms with E-state index in [1.807, 2.05) is 6.92 Å². The SMILES string of the molecule is [C-]#[N+]c1cc(NC(=O)c2cc(C(=O)C(=O)NC3(C)CCC3)n(C)c2)ccc1F. The van der Waals surface area contributed by atoms with Crippen molar-refractivity contribution in [3.05, 3.63) is 59.0 Å². The van der Waals surface area contributed by atoms with Crippen molar-refractivity contribution in [2.24, 2.45) is 7.05 Å². The topological polar surface area (TPSA) is 84.6 Å². The summed E-state index contributed by atoms with van der Waals surface area (Å²) in [6.45, 7) is 8.81. The van der Waals surface area contributed by atoms with E-state index in [2.05, 4.69) is 15.5 Å². The highest BCUT2D eigenvalue weighted by molar-refractivity contribution is 6.42. The molecule has 0 atom stereocenters. The van der Waals surface area contributed by atoms with E-state index in [0.717, 1.165) is 25.3 Å². The van der Waals surface area contributed by atoms with Gasteiger partial charge < -0.3 is 15.2 Å². The second kappa shape index (κ2) is 7.27. The molecule has 1 fully saturated rings. The van der Waals surface area contributed by atoms with Crippen molar-refractivity contribution in [3.8, 4) is 0 Å². The molecule has 0 aliphatic heterocycles. The Kier molecular flexibility index (Phi) is 5.01. The molecule has 0 unspecified atom stereocenters. The Labute approximate surface area is 161 Å². The van der Waals surface area contributed by atoms with Gasteiger partial charge in [0.25, 0.3) is 17.6 Å². The summed E-state index contributed by atoms with van der Waals surface area (Å²) >= 11 is 0. The summed E-state index contributed by atoms with van der Waals surface area (Å²) in [6, 6.07) is 4.99. The van der Waals surface area contributed by atoms with Crippen molar-refractivity contribution in [1.82, 2.24) is 9.88 Å². The molecule has 0 bridgehead atoms. The largest absolute Gasteiger partial charge is 0.347 e. The van der Waals surface area contributed by atoms with Gasteiger partial charge in [-0.05, 0) is 50.5 Å². The zero-order chi connectivity index (χ0) is 20.5. The highest BCUT2D eigenvalue weighted by Gasteiger charge is 2.35. The molecule has 3 rings (SSSR count). The Morgan fingerprint density at radius 1 is 1.25 bits per heavy atom. The zero-order valence-electron chi connectivity index (χ0n) is 15.5. The third-order valence-electron chi connectivity index (χ3n) is 4.90. The van der Waals surface area contributed by atoms with E-state index < -0.39 is 23.4 Å². The minimum atomic E-state index is -0.716. The number of nitrogens with zero attached hydrogens (tertiary/aromatic N) is 2. The van der Waals surface area contributed by atoms with E-state index in [-0.39, 0.29) is 28.2 Å². The van der Waals surface area contributed by atoms with Crippen molar-refractivity contribution in [2.75, 3.05) is 5.32 Å². The molecule has 1 aliphatic carbocycles. The molecule has 2 N–H and O–H groups in total. The van der Waals surface area contributed by atoms with Gasteiger partial charge in [-0.15, -0.1) is 0 Å². The Morgan fingerprint density at radius 3 is 2.57 bits per heavy atom. The van der Waals surface area contributed by atoms with Gasteiger partial charge in [-0.3, -0.25) is 14.4 Å². The van der Waals surface area contributed by atoms with Gasteiger partial charge in [0, 0.05) is 24.5 Å². The monoisotopic (exact) mass is 382 g/mol. The average molecular weight is 382 g/mol. The Bertz CT molecular complexity index is 1010. The molecule has 2 amide bonds. The van der Waals surface area contributed by atoms with Crippen molar-refractivity contribution in [2.45, 2.75) is 31.7 Å². The quantitative estimate of drug-likeness (QED) is 0.473. The number of carbonyl (C=O) groups excluding carboxylic acids is 3. The third kappa shape index (κ3) is 3.78. The molecular formula is C20H19FN4O3. The van der Waals surface area contributed by atoms with Gasteiger partial charge in [-0.1, -0.05) is 0 Å². The molecule has 2 aromatic rings. The first-order valence-corrected chi connectivity index (χ1v) is 8.74. The average Bonchev–Trinajstić information content (AvgIpc) is 3.03. The number of carbonyl (C=O) groups is 3. The molecule has 0 spiro atoms. The van der Waals surface area contributed by atoms with Crippen LogP contribution in [0.4, 0.5) is 15.8 Å². The fourth-order valence-electron chi connectivity index (χ4n) is 3.07. The Balaban J connectivity index is 1.74. The van der Waals surface area contributed by atoms with Crippen LogP contribution in [0.1, 0.15) is 47.0 Å². The number of anilines is 1. The number of hydrogen-bond acceptors (Lipinski definition) is 3. The number of halogens is 1. The summed E-state index contributed by atoms with van der Waals surface area (Å²) in [6.07, 6.45) is 4.10. The fourth-order valence-corrected chi connectivity index (χ4v) is 3.07. The molecule has 0 radical (unpaired) electrons. The number of benzene rings is 1. The maximum Gasteiger partial charge on any atom is 0.294 e. The fraction of sp³-hybridized carbons (Fsp3) is 0.300. The number of hydrogen-bond donors (Lipinski definition) is 2. The molecule has 1 aromatic heterocycles. The van der Waals surface area contributed by atoms with Gasteiger partial charge in [0.05, 0.1) is 17.8 Å². The summed E-state index contributed by atoms with van der Waals surface area (Å²) in [5.74, 6) is -2.63. The van der Waals surface area contributed by atoms with Crippen molar-refractivity contribution < 1.29 is 18.8 Å². The van der Waals surface area contributed by atoms with Crippen molar-refractivity contribution in [3.63, 3.8) is 0 Å². The Hall–Kier alpha value is -3.47. The maximum absolute atomic E-state index is 13.4. The van der Waals surface area contributed by atoms with Crippen LogP contribution in [0.5, 0.6) is 0 Å². The van der Waals surface area contributed by atoms with Crippen LogP contribution in [0.25, 0.3) is 4.85 Å². The lowest BCUT2D eigenvalue weighted by molar-refractivity contribution is -0.119. The molecule has 1 aromatic carbocycles. The van der Waals surface area contributed by atoms with Crippen LogP contribution >= 0.6 is 0 Å². The Morgan fingerprint density at radius 2 is 1.96 bits per heavy atom. The summed E-state index contributed by atoms with van der Waals surface area (Å²) < 4.78 is 14.8. The summed E-state index contributed by atoms with van der Waals surface area (Å²) in [4.78, 5) is 40.2. The van der Waals surface area contributed by atoms with E-state index in [0.29, 0.717) is 0 Å². The molecule has 28 heavy (non-hydrogen) atoms. The molecule has 1 saturated carbocycles. The van der Waals surface area contributed by atoms with Crippen molar-refractivity contribution >= 4 is 29.0 Å². The van der Waals surface area contributed by atoms with E-state index in [1.165, 1.54) is 29.0 Å². The van der Waals surface area contributed by atoms with Crippen LogP contribution in [-0.2, 0) is 11.8 Å². The van der Waals surface area contributed by atoms with Crippen LogP contribution < -0.4 is 10.6 Å². The first kappa shape index (κ1) is 19.3. The second-order valence-corrected chi connectivity index (χ2v) is 7.15. The third-order valence-corrected chi connectivity index (χ3v) is 4.90. The number of aryl methyl sites for hydroxylation is 1. The van der Waals surface area contributed by atoms with Gasteiger partial charge in [0.2, 0.25) is 5.69 Å². The lowest BCUT2D eigenvalue weighted by atomic mass is 9.78. The molecule has 1 heterocycles. The van der Waals surface area contributed by atoms with Gasteiger partial charge in [-0.2, -0.15) is 0 Å². The predicted molar refractivity (Wildman–Crippen MR) is 101 cm³/mol. The van der Waals surface area contributed by atoms with E-state index >= 15 is 0 Å². The van der Waals surface area contributed by atoms with Gasteiger partial charge in [-0.25, -0.2) is 9.24 Å². The summed E-state index contributed by atoms with van der Waals surface area (Å²) in [5, 5.41) is 5.30. The zero-order valence-corrected chi connectivity index (χ0v) is 15.5. The maximum atomic E-state index is 13.4. The molecule has 7 nitrogen and oxygen atoms in total. The molecule has 144 valence electrons. The number of ketones is 1. The second-order valence-electron chi connectivity index (χ2n) is 7.15. The molecular weight excluding hydrogens is 363 g/mol. The van der Waals surface area contributed by atoms with Crippen LogP contribution in [0, 0.1) is 12.4 Å². The lowest BCUT2D eigenvalue weighted by Crippen LogP contribution is -2.53. The van der Waals surface area contributed by atoms with Gasteiger partial charge in [0.1, 0.15) is 5.82 Å². The van der Waals surface area contributed by atoms with Gasteiger partial charge in [0.15, 0.2) is 0 Å². The van der Waals surface area contributed by atoms with Crippen LogP contribution in [-0.4, -0.2) is 27.7 Å². The van der Waals surface area contributed by atoms with Crippen LogP contribution in [0.2, 0.25) is 0 Å². The first-order chi connectivity index (χ1) is 13.2. The normalized spacial score (nSPS) is 14.5. The number of amides is 2. The number of nitrogens with one attached hydrogen (secondary N) is 2. The number of rotatable bonds is 5. The highest BCUT2D eigenvalue weighted by atomic mass is 19.1. The standard InChI is InChI=1S/C20H19FN4O3/c1-20(7-4-8-20)24-19(28)17(26)16-9-12(11-25(16)3)18(27)23-13-5-6-14(21)15(10-13)22-2/h5-6,9-11H,4,7-8H2,1,3H3,(H,23,27)(H,24,28). The van der Waals surface area contributed by atoms with Crippen LogP contribution in [0.3, 0.4) is 0 Å². The van der Waals surface area contributed by atoms with E-state index in [9.17, 15) is 18.8 Å². The lowest BCUT2D eigenvalue weighted by Gasteiger charge is -2.38. The van der Waals surface area contributed by atoms with E-state index in [4.69, 9.17) is 6.57 Å². The smallest absolute Gasteiger partial charge is 0.294 e. The van der Waals surface area contributed by atoms with Gasteiger partial charge >= 0.3 is 0 Å². The molecule has 0 saturated heterocycles. The summed E-state index contributed by atoms with van der Waals surface area (Å²) in [7, 11) is 1.57. The van der Waals surface area contributed by atoms with Crippen LogP contribution in [0.15, 0.2) is 30.5 Å². The molecule has 1 aliphatic rings. The molecule has 8 heteroatoms. The minimum Gasteiger partial charge on any atom is -0.347 e. The predicted octanol–water partition coefficient (Wildman–Crippen LogP) is 3.21. The summed E-state index contributed by atoms with van der Waals surface area (Å²) in [5.41, 5.74) is -0.0391. The number of aromatic nitrogens is 1. The highest BCUT2D eigenvalue weighted by Crippen LogP contribution is 2.31. The van der Waals surface area contributed by atoms with E-state index in [1.54, 1.807) is 7.05 Å². The first-order valence-electron chi connectivity index (χ1n) is 8.74. The minimum absolute atomic E-state index is 0.0894.